The van der Waals surface area contributed by atoms with Gasteiger partial charge < -0.3 is 5.32 Å². The first-order chi connectivity index (χ1) is 7.65. The van der Waals surface area contributed by atoms with Crippen LogP contribution in [0, 0.1) is 5.82 Å². The topological polar surface area (TPSA) is 29.1 Å². The van der Waals surface area contributed by atoms with Crippen molar-refractivity contribution < 1.29 is 9.18 Å². The third-order valence-electron chi connectivity index (χ3n) is 2.07. The molecule has 1 amide bonds. The third kappa shape index (κ3) is 3.66. The second-order valence-corrected chi connectivity index (χ2v) is 3.71. The van der Waals surface area contributed by atoms with E-state index in [-0.39, 0.29) is 22.9 Å². The lowest BCUT2D eigenvalue weighted by Crippen LogP contribution is -2.26. The van der Waals surface area contributed by atoms with Gasteiger partial charge in [-0.2, -0.15) is 0 Å². The summed E-state index contributed by atoms with van der Waals surface area (Å²) in [6.45, 7) is 4.05. The first-order valence-corrected chi connectivity index (χ1v) is 5.33. The van der Waals surface area contributed by atoms with Crippen LogP contribution in [-0.2, 0) is 11.2 Å². The monoisotopic (exact) mass is 241 g/mol. The second-order valence-electron chi connectivity index (χ2n) is 3.30. The van der Waals surface area contributed by atoms with E-state index in [1.807, 2.05) is 0 Å². The van der Waals surface area contributed by atoms with Crippen LogP contribution in [0.3, 0.4) is 0 Å². The molecule has 0 saturated heterocycles. The predicted octanol–water partition coefficient (Wildman–Crippen LogP) is 2.71. The number of hydrogen-bond donors (Lipinski definition) is 1. The highest BCUT2D eigenvalue weighted by Crippen LogP contribution is 2.19. The lowest BCUT2D eigenvalue weighted by atomic mass is 10.1. The maximum Gasteiger partial charge on any atom is 0.224 e. The highest BCUT2D eigenvalue weighted by Gasteiger charge is 2.10. The lowest BCUT2D eigenvalue weighted by Gasteiger charge is -2.06. The Hall–Kier alpha value is -1.35. The van der Waals surface area contributed by atoms with E-state index < -0.39 is 5.82 Å². The van der Waals surface area contributed by atoms with Gasteiger partial charge in [-0.15, -0.1) is 6.58 Å². The van der Waals surface area contributed by atoms with Gasteiger partial charge in [0.2, 0.25) is 5.91 Å². The maximum atomic E-state index is 13.3. The molecule has 0 aliphatic heterocycles. The summed E-state index contributed by atoms with van der Waals surface area (Å²) in [4.78, 5) is 11.4. The van der Waals surface area contributed by atoms with Crippen LogP contribution in [0.2, 0.25) is 5.02 Å². The van der Waals surface area contributed by atoms with E-state index >= 15 is 0 Å². The summed E-state index contributed by atoms with van der Waals surface area (Å²) in [5, 5.41) is 2.93. The van der Waals surface area contributed by atoms with E-state index in [9.17, 15) is 9.18 Å². The standard InChI is InChI=1S/C12H13ClFNO/c1-2-3-7-15-12(16)8-9-10(13)5-4-6-11(9)14/h2,4-6H,1,3,7-8H2,(H,15,16). The van der Waals surface area contributed by atoms with E-state index in [1.54, 1.807) is 12.1 Å². The second kappa shape index (κ2) is 6.28. The van der Waals surface area contributed by atoms with Gasteiger partial charge in [-0.05, 0) is 18.6 Å². The highest BCUT2D eigenvalue weighted by atomic mass is 35.5. The summed E-state index contributed by atoms with van der Waals surface area (Å²) >= 11 is 5.80. The number of nitrogens with one attached hydrogen (secondary N) is 1. The van der Waals surface area contributed by atoms with Gasteiger partial charge in [-0.1, -0.05) is 23.7 Å². The van der Waals surface area contributed by atoms with Gasteiger partial charge >= 0.3 is 0 Å². The van der Waals surface area contributed by atoms with E-state index in [2.05, 4.69) is 11.9 Å². The number of carbonyl (C=O) groups is 1. The van der Waals surface area contributed by atoms with Gasteiger partial charge in [0, 0.05) is 17.1 Å². The molecular formula is C12H13ClFNO. The van der Waals surface area contributed by atoms with Gasteiger partial charge in [0.05, 0.1) is 6.42 Å². The van der Waals surface area contributed by atoms with Crippen LogP contribution in [0.15, 0.2) is 30.9 Å². The summed E-state index contributed by atoms with van der Waals surface area (Å²) in [6, 6.07) is 4.37. The quantitative estimate of drug-likeness (QED) is 0.623. The predicted molar refractivity (Wildman–Crippen MR) is 62.9 cm³/mol. The van der Waals surface area contributed by atoms with E-state index in [0.717, 1.165) is 0 Å². The van der Waals surface area contributed by atoms with Crippen molar-refractivity contribution in [3.8, 4) is 0 Å². The molecular weight excluding hydrogens is 229 g/mol. The molecule has 1 rings (SSSR count). The molecule has 1 aromatic carbocycles. The molecule has 0 aromatic heterocycles. The van der Waals surface area contributed by atoms with Gasteiger partial charge in [0.1, 0.15) is 5.82 Å². The summed E-state index contributed by atoms with van der Waals surface area (Å²) in [5.74, 6) is -0.694. The normalized spacial score (nSPS) is 9.88. The Bertz CT molecular complexity index is 372. The number of benzene rings is 1. The average Bonchev–Trinajstić information content (AvgIpc) is 2.24. The third-order valence-corrected chi connectivity index (χ3v) is 2.42. The van der Waals surface area contributed by atoms with Crippen molar-refractivity contribution >= 4 is 17.5 Å². The molecule has 0 aliphatic carbocycles. The zero-order valence-corrected chi connectivity index (χ0v) is 9.56. The van der Waals surface area contributed by atoms with Crippen molar-refractivity contribution in [2.45, 2.75) is 12.8 Å². The van der Waals surface area contributed by atoms with Crippen molar-refractivity contribution in [2.24, 2.45) is 0 Å². The van der Waals surface area contributed by atoms with Gasteiger partial charge in [0.15, 0.2) is 0 Å². The SMILES string of the molecule is C=CCCNC(=O)Cc1c(F)cccc1Cl. The first kappa shape index (κ1) is 12.7. The molecule has 0 fully saturated rings. The molecule has 0 atom stereocenters. The number of carbonyl (C=O) groups excluding carboxylic acids is 1. The molecule has 0 aliphatic rings. The first-order valence-electron chi connectivity index (χ1n) is 4.95. The zero-order chi connectivity index (χ0) is 12.0. The van der Waals surface area contributed by atoms with Crippen molar-refractivity contribution in [1.82, 2.24) is 5.32 Å². The minimum absolute atomic E-state index is 0.0390. The van der Waals surface area contributed by atoms with Crippen LogP contribution in [-0.4, -0.2) is 12.5 Å². The Morgan fingerprint density at radius 3 is 2.94 bits per heavy atom. The molecule has 2 nitrogen and oxygen atoms in total. The molecule has 1 N–H and O–H groups in total. The lowest BCUT2D eigenvalue weighted by molar-refractivity contribution is -0.120. The fourth-order valence-electron chi connectivity index (χ4n) is 1.24. The van der Waals surface area contributed by atoms with Crippen molar-refractivity contribution in [3.05, 3.63) is 47.3 Å². The van der Waals surface area contributed by atoms with E-state index in [1.165, 1.54) is 12.1 Å². The molecule has 0 heterocycles. The zero-order valence-electron chi connectivity index (χ0n) is 8.80. The Labute approximate surface area is 99.1 Å². The molecule has 86 valence electrons. The molecule has 4 heteroatoms. The van der Waals surface area contributed by atoms with Crippen molar-refractivity contribution in [1.29, 1.82) is 0 Å². The van der Waals surface area contributed by atoms with Crippen LogP contribution in [0.1, 0.15) is 12.0 Å². The van der Waals surface area contributed by atoms with E-state index in [0.29, 0.717) is 13.0 Å². The van der Waals surface area contributed by atoms with Gasteiger partial charge in [0.25, 0.3) is 0 Å². The summed E-state index contributed by atoms with van der Waals surface area (Å²) in [6.07, 6.45) is 2.36. The van der Waals surface area contributed by atoms with Crippen molar-refractivity contribution in [3.63, 3.8) is 0 Å². The molecule has 0 saturated carbocycles. The molecule has 16 heavy (non-hydrogen) atoms. The van der Waals surface area contributed by atoms with Crippen LogP contribution in [0.4, 0.5) is 4.39 Å². The molecule has 0 unspecified atom stereocenters. The Morgan fingerprint density at radius 2 is 2.31 bits per heavy atom. The summed E-state index contributed by atoms with van der Waals surface area (Å²) < 4.78 is 13.3. The van der Waals surface area contributed by atoms with Gasteiger partial charge in [-0.3, -0.25) is 4.79 Å². The Balaban J connectivity index is 2.59. The smallest absolute Gasteiger partial charge is 0.224 e. The Morgan fingerprint density at radius 1 is 1.56 bits per heavy atom. The fraction of sp³-hybridized carbons (Fsp3) is 0.250. The number of hydrogen-bond acceptors (Lipinski definition) is 1. The number of rotatable bonds is 5. The minimum Gasteiger partial charge on any atom is -0.356 e. The largest absolute Gasteiger partial charge is 0.356 e. The summed E-state index contributed by atoms with van der Waals surface area (Å²) in [7, 11) is 0. The number of halogens is 2. The van der Waals surface area contributed by atoms with Gasteiger partial charge in [-0.25, -0.2) is 4.39 Å². The van der Waals surface area contributed by atoms with E-state index in [4.69, 9.17) is 11.6 Å². The van der Waals surface area contributed by atoms with Crippen LogP contribution in [0.25, 0.3) is 0 Å². The molecule has 0 spiro atoms. The molecule has 0 bridgehead atoms. The van der Waals surface area contributed by atoms with Crippen LogP contribution in [0.5, 0.6) is 0 Å². The molecule has 1 aromatic rings. The minimum atomic E-state index is -0.452. The number of amides is 1. The van der Waals surface area contributed by atoms with Crippen LogP contribution < -0.4 is 5.32 Å². The van der Waals surface area contributed by atoms with Crippen molar-refractivity contribution in [2.75, 3.05) is 6.54 Å². The Kier molecular flexibility index (Phi) is 4.99. The summed E-state index contributed by atoms with van der Waals surface area (Å²) in [5.41, 5.74) is 0.236. The fourth-order valence-corrected chi connectivity index (χ4v) is 1.47. The van der Waals surface area contributed by atoms with Crippen LogP contribution >= 0.6 is 11.6 Å². The average molecular weight is 242 g/mol. The maximum absolute atomic E-state index is 13.3. The highest BCUT2D eigenvalue weighted by molar-refractivity contribution is 6.31. The molecule has 0 radical (unpaired) electrons.